The molecule has 4 rings (SSSR count). The van der Waals surface area contributed by atoms with Crippen molar-refractivity contribution in [3.05, 3.63) is 68.1 Å². The van der Waals surface area contributed by atoms with E-state index in [4.69, 9.17) is 16.0 Å². The second-order valence-electron chi connectivity index (χ2n) is 6.22. The number of amides is 1. The van der Waals surface area contributed by atoms with Gasteiger partial charge in [-0.15, -0.1) is 0 Å². The molecule has 0 aromatic carbocycles. The van der Waals surface area contributed by atoms with Gasteiger partial charge in [-0.05, 0) is 32.0 Å². The number of aryl methyl sites for hydroxylation is 2. The quantitative estimate of drug-likeness (QED) is 0.671. The van der Waals surface area contributed by atoms with Gasteiger partial charge in [-0.3, -0.25) is 14.0 Å². The molecule has 0 atom stereocenters. The average molecular weight is 358 g/mol. The van der Waals surface area contributed by atoms with Gasteiger partial charge in [-0.25, -0.2) is 4.98 Å². The lowest BCUT2D eigenvalue weighted by Gasteiger charge is -2.27. The zero-order chi connectivity index (χ0) is 17.7. The van der Waals surface area contributed by atoms with Crippen LogP contribution in [0.3, 0.4) is 0 Å². The number of hydrogen-bond acceptors (Lipinski definition) is 4. The van der Waals surface area contributed by atoms with E-state index < -0.39 is 0 Å². The Kier molecular flexibility index (Phi) is 3.65. The lowest BCUT2D eigenvalue weighted by atomic mass is 10.1. The van der Waals surface area contributed by atoms with Crippen molar-refractivity contribution < 1.29 is 9.21 Å². The van der Waals surface area contributed by atoms with Crippen molar-refractivity contribution in [2.45, 2.75) is 26.8 Å². The molecule has 0 saturated heterocycles. The van der Waals surface area contributed by atoms with E-state index in [1.165, 1.54) is 4.40 Å². The Bertz CT molecular complexity index is 1070. The molecule has 0 N–H and O–H groups in total. The highest BCUT2D eigenvalue weighted by Gasteiger charge is 2.27. The maximum absolute atomic E-state index is 12.8. The molecule has 1 aliphatic rings. The van der Waals surface area contributed by atoms with Gasteiger partial charge >= 0.3 is 0 Å². The fourth-order valence-electron chi connectivity index (χ4n) is 3.26. The Balaban J connectivity index is 1.74. The summed E-state index contributed by atoms with van der Waals surface area (Å²) in [6.07, 6.45) is 2.10. The summed E-state index contributed by atoms with van der Waals surface area (Å²) < 4.78 is 6.88. The van der Waals surface area contributed by atoms with Crippen LogP contribution in [0.15, 0.2) is 33.6 Å². The van der Waals surface area contributed by atoms with E-state index in [2.05, 4.69) is 4.98 Å². The van der Waals surface area contributed by atoms with Crippen LogP contribution in [-0.4, -0.2) is 26.7 Å². The van der Waals surface area contributed by atoms with Crippen molar-refractivity contribution in [3.63, 3.8) is 0 Å². The molecular weight excluding hydrogens is 342 g/mol. The number of carbonyl (C=O) groups excluding carboxylic acids is 1. The van der Waals surface area contributed by atoms with Crippen LogP contribution >= 0.6 is 11.6 Å². The van der Waals surface area contributed by atoms with Gasteiger partial charge in [-0.1, -0.05) is 11.6 Å². The number of nitrogens with zero attached hydrogens (tertiary/aromatic N) is 3. The Labute approximate surface area is 148 Å². The minimum atomic E-state index is -0.180. The highest BCUT2D eigenvalue weighted by atomic mass is 35.5. The van der Waals surface area contributed by atoms with Crippen molar-refractivity contribution in [3.8, 4) is 0 Å². The van der Waals surface area contributed by atoms with Crippen LogP contribution in [0.1, 0.15) is 33.1 Å². The summed E-state index contributed by atoms with van der Waals surface area (Å²) in [6, 6.07) is 5.16. The van der Waals surface area contributed by atoms with Gasteiger partial charge in [0.05, 0.1) is 28.4 Å². The molecule has 0 radical (unpaired) electrons. The predicted molar refractivity (Wildman–Crippen MR) is 93.1 cm³/mol. The summed E-state index contributed by atoms with van der Waals surface area (Å²) in [4.78, 5) is 31.8. The molecule has 3 aromatic heterocycles. The first-order valence-corrected chi connectivity index (χ1v) is 8.38. The largest absolute Gasteiger partial charge is 0.466 e. The molecule has 6 nitrogen and oxygen atoms in total. The number of hydrogen-bond donors (Lipinski definition) is 0. The van der Waals surface area contributed by atoms with Gasteiger partial charge < -0.3 is 9.32 Å². The Hall–Kier alpha value is -2.60. The van der Waals surface area contributed by atoms with E-state index in [9.17, 15) is 9.59 Å². The molecule has 0 saturated carbocycles. The average Bonchev–Trinajstić information content (AvgIpc) is 2.93. The molecule has 0 aliphatic carbocycles. The maximum atomic E-state index is 12.8. The zero-order valence-corrected chi connectivity index (χ0v) is 14.6. The van der Waals surface area contributed by atoms with E-state index in [-0.39, 0.29) is 18.0 Å². The van der Waals surface area contributed by atoms with Crippen molar-refractivity contribution in [1.82, 2.24) is 14.3 Å². The summed E-state index contributed by atoms with van der Waals surface area (Å²) in [7, 11) is 0. The summed E-state index contributed by atoms with van der Waals surface area (Å²) in [5, 5.41) is 0.463. The number of pyridine rings is 1. The van der Waals surface area contributed by atoms with Crippen LogP contribution in [0, 0.1) is 13.8 Å². The molecule has 128 valence electrons. The van der Waals surface area contributed by atoms with E-state index in [1.807, 2.05) is 6.92 Å². The topological polar surface area (TPSA) is 67.8 Å². The molecule has 0 unspecified atom stereocenters. The fourth-order valence-corrected chi connectivity index (χ4v) is 3.42. The Morgan fingerprint density at radius 1 is 1.32 bits per heavy atom. The highest BCUT2D eigenvalue weighted by Crippen LogP contribution is 2.21. The number of halogens is 1. The Morgan fingerprint density at radius 2 is 2.12 bits per heavy atom. The molecule has 1 aliphatic heterocycles. The molecule has 25 heavy (non-hydrogen) atoms. The van der Waals surface area contributed by atoms with Gasteiger partial charge in [0.15, 0.2) is 0 Å². The second-order valence-corrected chi connectivity index (χ2v) is 6.66. The number of aromatic nitrogens is 2. The van der Waals surface area contributed by atoms with Crippen molar-refractivity contribution >= 4 is 23.2 Å². The normalized spacial score (nSPS) is 14.0. The maximum Gasteiger partial charge on any atom is 0.263 e. The van der Waals surface area contributed by atoms with E-state index in [0.717, 1.165) is 5.69 Å². The van der Waals surface area contributed by atoms with Gasteiger partial charge in [0.2, 0.25) is 0 Å². The summed E-state index contributed by atoms with van der Waals surface area (Å²) in [5.41, 5.74) is 2.21. The smallest absolute Gasteiger partial charge is 0.263 e. The van der Waals surface area contributed by atoms with Gasteiger partial charge in [-0.2, -0.15) is 0 Å². The first-order valence-electron chi connectivity index (χ1n) is 8.00. The van der Waals surface area contributed by atoms with Crippen molar-refractivity contribution in [2.24, 2.45) is 0 Å². The molecule has 1 amide bonds. The third-order valence-corrected chi connectivity index (χ3v) is 4.72. The zero-order valence-electron chi connectivity index (χ0n) is 13.9. The number of furan rings is 1. The summed E-state index contributed by atoms with van der Waals surface area (Å²) >= 11 is 5.99. The SMILES string of the molecule is Cc1cc(C(=O)N2CCc3nc4ccc(Cl)cn4c(=O)c3C2)c(C)o1. The van der Waals surface area contributed by atoms with Crippen LogP contribution in [0.2, 0.25) is 5.02 Å². The third-order valence-electron chi connectivity index (χ3n) is 4.49. The first kappa shape index (κ1) is 15.9. The van der Waals surface area contributed by atoms with Gasteiger partial charge in [0.1, 0.15) is 17.2 Å². The van der Waals surface area contributed by atoms with Crippen molar-refractivity contribution in [2.75, 3.05) is 6.54 Å². The molecule has 0 fully saturated rings. The number of fused-ring (bicyclic) bond motifs is 2. The van der Waals surface area contributed by atoms with Crippen LogP contribution in [0.4, 0.5) is 0 Å². The number of rotatable bonds is 1. The molecule has 3 aromatic rings. The minimum Gasteiger partial charge on any atom is -0.466 e. The summed E-state index contributed by atoms with van der Waals surface area (Å²) in [6.45, 7) is 4.33. The van der Waals surface area contributed by atoms with E-state index in [1.54, 1.807) is 36.2 Å². The van der Waals surface area contributed by atoms with Crippen LogP contribution in [-0.2, 0) is 13.0 Å². The first-order chi connectivity index (χ1) is 11.9. The van der Waals surface area contributed by atoms with E-state index in [0.29, 0.717) is 46.3 Å². The lowest BCUT2D eigenvalue weighted by Crippen LogP contribution is -2.40. The van der Waals surface area contributed by atoms with Gasteiger partial charge in [0.25, 0.3) is 11.5 Å². The van der Waals surface area contributed by atoms with Crippen LogP contribution < -0.4 is 5.56 Å². The number of carbonyl (C=O) groups is 1. The summed E-state index contributed by atoms with van der Waals surface area (Å²) in [5.74, 6) is 1.16. The van der Waals surface area contributed by atoms with Crippen LogP contribution in [0.5, 0.6) is 0 Å². The van der Waals surface area contributed by atoms with Gasteiger partial charge in [0, 0.05) is 19.2 Å². The predicted octanol–water partition coefficient (Wildman–Crippen LogP) is 2.76. The monoisotopic (exact) mass is 357 g/mol. The Morgan fingerprint density at radius 3 is 2.84 bits per heavy atom. The standard InChI is InChI=1S/C18H16ClN3O3/c1-10-7-13(11(2)25-10)17(23)21-6-5-15-14(9-21)18(24)22-8-12(19)3-4-16(22)20-15/h3-4,7-8H,5-6,9H2,1-2H3. The van der Waals surface area contributed by atoms with Crippen molar-refractivity contribution in [1.29, 1.82) is 0 Å². The molecule has 7 heteroatoms. The second kappa shape index (κ2) is 5.74. The third kappa shape index (κ3) is 2.62. The van der Waals surface area contributed by atoms with E-state index >= 15 is 0 Å². The highest BCUT2D eigenvalue weighted by molar-refractivity contribution is 6.30. The molecule has 0 bridgehead atoms. The minimum absolute atomic E-state index is 0.129. The molecular formula is C18H16ClN3O3. The molecule has 0 spiro atoms. The lowest BCUT2D eigenvalue weighted by molar-refractivity contribution is 0.0731. The fraction of sp³-hybridized carbons (Fsp3) is 0.278. The van der Waals surface area contributed by atoms with Crippen LogP contribution in [0.25, 0.3) is 5.65 Å². The molecule has 4 heterocycles.